The van der Waals surface area contributed by atoms with Crippen molar-refractivity contribution in [2.75, 3.05) is 6.54 Å². The highest BCUT2D eigenvalue weighted by molar-refractivity contribution is 6.31. The number of imidazole rings is 1. The van der Waals surface area contributed by atoms with E-state index < -0.39 is 12.1 Å². The van der Waals surface area contributed by atoms with Crippen molar-refractivity contribution in [2.45, 2.75) is 51.7 Å². The lowest BCUT2D eigenvalue weighted by molar-refractivity contribution is -0.141. The van der Waals surface area contributed by atoms with Crippen molar-refractivity contribution in [3.63, 3.8) is 0 Å². The minimum absolute atomic E-state index is 0.00363. The normalized spacial score (nSPS) is 17.4. The summed E-state index contributed by atoms with van der Waals surface area (Å²) in [5, 5.41) is 12.1. The summed E-state index contributed by atoms with van der Waals surface area (Å²) in [7, 11) is 0. The van der Waals surface area contributed by atoms with E-state index >= 15 is 0 Å². The number of nitrogens with one attached hydrogen (secondary N) is 1. The van der Waals surface area contributed by atoms with Crippen LogP contribution < -0.4 is 0 Å². The maximum absolute atomic E-state index is 12.7. The number of aromatic nitrogens is 2. The molecule has 0 aliphatic carbocycles. The molecule has 1 amide bonds. The van der Waals surface area contributed by atoms with Crippen molar-refractivity contribution in [2.24, 2.45) is 0 Å². The first-order chi connectivity index (χ1) is 13.9. The molecule has 152 valence electrons. The highest BCUT2D eigenvalue weighted by Gasteiger charge is 2.34. The molecule has 0 spiro atoms. The van der Waals surface area contributed by atoms with Gasteiger partial charge in [0, 0.05) is 18.0 Å². The first-order valence-corrected chi connectivity index (χ1v) is 10.5. The molecular weight excluding hydrogens is 386 g/mol. The van der Waals surface area contributed by atoms with Gasteiger partial charge in [-0.05, 0) is 56.0 Å². The van der Waals surface area contributed by atoms with E-state index in [1.807, 2.05) is 38.1 Å². The van der Waals surface area contributed by atoms with Crippen LogP contribution >= 0.6 is 11.6 Å². The third kappa shape index (κ3) is 4.02. The van der Waals surface area contributed by atoms with E-state index in [0.29, 0.717) is 23.8 Å². The molecule has 2 atom stereocenters. The number of H-pyrrole nitrogens is 1. The number of fused-ring (bicyclic) bond motifs is 1. The van der Waals surface area contributed by atoms with Gasteiger partial charge in [0.1, 0.15) is 12.1 Å². The fourth-order valence-corrected chi connectivity index (χ4v) is 4.41. The van der Waals surface area contributed by atoms with E-state index in [0.717, 1.165) is 47.0 Å². The van der Waals surface area contributed by atoms with E-state index in [-0.39, 0.29) is 5.91 Å². The Balaban J connectivity index is 1.82. The van der Waals surface area contributed by atoms with Gasteiger partial charge in [0.05, 0.1) is 17.0 Å². The molecule has 4 rings (SSSR count). The van der Waals surface area contributed by atoms with Gasteiger partial charge in [-0.3, -0.25) is 4.79 Å². The molecule has 3 aromatic rings. The Morgan fingerprint density at radius 3 is 2.76 bits per heavy atom. The van der Waals surface area contributed by atoms with Gasteiger partial charge in [0.25, 0.3) is 0 Å². The number of halogens is 1. The molecule has 29 heavy (non-hydrogen) atoms. The maximum Gasteiger partial charge on any atom is 0.224 e. The van der Waals surface area contributed by atoms with Crippen LogP contribution in [0.15, 0.2) is 36.4 Å². The summed E-state index contributed by atoms with van der Waals surface area (Å²) < 4.78 is 0. The second kappa shape index (κ2) is 8.17. The zero-order chi connectivity index (χ0) is 20.5. The van der Waals surface area contributed by atoms with Gasteiger partial charge < -0.3 is 15.0 Å². The first kappa shape index (κ1) is 19.9. The van der Waals surface area contributed by atoms with Gasteiger partial charge in [0.15, 0.2) is 0 Å². The van der Waals surface area contributed by atoms with Crippen LogP contribution in [-0.2, 0) is 4.79 Å². The molecule has 0 saturated carbocycles. The third-order valence-electron chi connectivity index (χ3n) is 5.74. The van der Waals surface area contributed by atoms with E-state index in [4.69, 9.17) is 16.6 Å². The number of benzene rings is 2. The van der Waals surface area contributed by atoms with Crippen LogP contribution in [0.1, 0.15) is 54.1 Å². The second-order valence-electron chi connectivity index (χ2n) is 7.93. The lowest BCUT2D eigenvalue weighted by atomic mass is 9.90. The Labute approximate surface area is 175 Å². The lowest BCUT2D eigenvalue weighted by Crippen LogP contribution is -2.44. The number of aliphatic hydroxyl groups excluding tert-OH is 1. The molecule has 1 aromatic heterocycles. The Bertz CT molecular complexity index is 1050. The molecule has 0 bridgehead atoms. The van der Waals surface area contributed by atoms with Gasteiger partial charge in [-0.25, -0.2) is 4.98 Å². The van der Waals surface area contributed by atoms with Gasteiger partial charge >= 0.3 is 0 Å². The smallest absolute Gasteiger partial charge is 0.224 e. The van der Waals surface area contributed by atoms with E-state index in [1.165, 1.54) is 0 Å². The van der Waals surface area contributed by atoms with Gasteiger partial charge in [-0.1, -0.05) is 41.8 Å². The van der Waals surface area contributed by atoms with Crippen molar-refractivity contribution >= 4 is 28.5 Å². The van der Waals surface area contributed by atoms with Crippen LogP contribution in [-0.4, -0.2) is 38.7 Å². The molecule has 6 heteroatoms. The standard InChI is InChI=1S/C23H26ClN3O2/c1-14-7-9-17(15(2)12-14)21(23(29)27-11-5-3-4-6-20(27)28)22-25-18-10-8-16(24)13-19(18)26-22/h7-10,12-13,21,23,29H,3-6,11H2,1-2H3,(H,25,26)/t21-,23?/m1/s1. The molecule has 0 radical (unpaired) electrons. The van der Waals surface area contributed by atoms with Crippen molar-refractivity contribution in [3.05, 3.63) is 63.9 Å². The SMILES string of the molecule is Cc1ccc([C@H](c2nc3ccc(Cl)cc3[nH]2)C(O)N2CCCCCC2=O)c(C)c1. The fourth-order valence-electron chi connectivity index (χ4n) is 4.24. The van der Waals surface area contributed by atoms with Crippen molar-refractivity contribution in [1.29, 1.82) is 0 Å². The molecule has 1 aliphatic heterocycles. The molecule has 5 nitrogen and oxygen atoms in total. The predicted molar refractivity (Wildman–Crippen MR) is 115 cm³/mol. The average molecular weight is 412 g/mol. The fraction of sp³-hybridized carbons (Fsp3) is 0.391. The number of carbonyl (C=O) groups is 1. The van der Waals surface area contributed by atoms with Gasteiger partial charge in [0.2, 0.25) is 5.91 Å². The lowest BCUT2D eigenvalue weighted by Gasteiger charge is -2.33. The van der Waals surface area contributed by atoms with Crippen molar-refractivity contribution < 1.29 is 9.90 Å². The number of rotatable bonds is 4. The summed E-state index contributed by atoms with van der Waals surface area (Å²) in [6, 6.07) is 11.6. The second-order valence-corrected chi connectivity index (χ2v) is 8.37. The Kier molecular flexibility index (Phi) is 5.61. The molecular formula is C23H26ClN3O2. The summed E-state index contributed by atoms with van der Waals surface area (Å²) in [6.07, 6.45) is 2.27. The Morgan fingerprint density at radius 2 is 1.97 bits per heavy atom. The zero-order valence-electron chi connectivity index (χ0n) is 16.8. The number of aliphatic hydroxyl groups is 1. The van der Waals surface area contributed by atoms with Crippen LogP contribution in [0.5, 0.6) is 0 Å². The van der Waals surface area contributed by atoms with E-state index in [2.05, 4.69) is 11.1 Å². The number of aryl methyl sites for hydroxylation is 2. The number of aromatic amines is 1. The third-order valence-corrected chi connectivity index (χ3v) is 5.98. The molecule has 2 N–H and O–H groups in total. The highest BCUT2D eigenvalue weighted by Crippen LogP contribution is 2.33. The summed E-state index contributed by atoms with van der Waals surface area (Å²) in [4.78, 5) is 22.4. The average Bonchev–Trinajstić information content (AvgIpc) is 2.96. The molecule has 1 saturated heterocycles. The van der Waals surface area contributed by atoms with E-state index in [9.17, 15) is 9.90 Å². The largest absolute Gasteiger partial charge is 0.372 e. The summed E-state index contributed by atoms with van der Waals surface area (Å²) in [5.74, 6) is 0.173. The number of hydrogen-bond donors (Lipinski definition) is 2. The number of amides is 1. The quantitative estimate of drug-likeness (QED) is 0.654. The summed E-state index contributed by atoms with van der Waals surface area (Å²) in [6.45, 7) is 4.64. The number of hydrogen-bond acceptors (Lipinski definition) is 3. The molecule has 2 aromatic carbocycles. The van der Waals surface area contributed by atoms with Gasteiger partial charge in [-0.2, -0.15) is 0 Å². The number of likely N-dealkylation sites (tertiary alicyclic amines) is 1. The minimum Gasteiger partial charge on any atom is -0.372 e. The van der Waals surface area contributed by atoms with Crippen LogP contribution in [0.2, 0.25) is 5.02 Å². The number of nitrogens with zero attached hydrogens (tertiary/aromatic N) is 2. The maximum atomic E-state index is 12.7. The first-order valence-electron chi connectivity index (χ1n) is 10.1. The van der Waals surface area contributed by atoms with Crippen LogP contribution in [0.4, 0.5) is 0 Å². The summed E-state index contributed by atoms with van der Waals surface area (Å²) >= 11 is 6.14. The van der Waals surface area contributed by atoms with Crippen LogP contribution in [0.3, 0.4) is 0 Å². The minimum atomic E-state index is -0.988. The summed E-state index contributed by atoms with van der Waals surface area (Å²) in [5.41, 5.74) is 4.78. The Hall–Kier alpha value is -2.37. The van der Waals surface area contributed by atoms with Crippen LogP contribution in [0.25, 0.3) is 11.0 Å². The van der Waals surface area contributed by atoms with Crippen molar-refractivity contribution in [1.82, 2.24) is 14.9 Å². The topological polar surface area (TPSA) is 69.2 Å². The molecule has 1 aliphatic rings. The molecule has 1 fully saturated rings. The molecule has 1 unspecified atom stereocenters. The van der Waals surface area contributed by atoms with E-state index in [1.54, 1.807) is 11.0 Å². The van der Waals surface area contributed by atoms with Gasteiger partial charge in [-0.15, -0.1) is 0 Å². The monoisotopic (exact) mass is 411 g/mol. The zero-order valence-corrected chi connectivity index (χ0v) is 17.5. The molecule has 2 heterocycles. The number of carbonyl (C=O) groups excluding carboxylic acids is 1. The predicted octanol–water partition coefficient (Wildman–Crippen LogP) is 4.69. The van der Waals surface area contributed by atoms with Crippen LogP contribution in [0, 0.1) is 13.8 Å². The highest BCUT2D eigenvalue weighted by atomic mass is 35.5. The van der Waals surface area contributed by atoms with Crippen molar-refractivity contribution in [3.8, 4) is 0 Å². The Morgan fingerprint density at radius 1 is 1.14 bits per heavy atom.